The second-order valence-electron chi connectivity index (χ2n) is 4.60. The lowest BCUT2D eigenvalue weighted by atomic mass is 9.86. The van der Waals surface area contributed by atoms with Crippen molar-refractivity contribution in [3.63, 3.8) is 0 Å². The topological polar surface area (TPSA) is 12.0 Å². The van der Waals surface area contributed by atoms with Crippen molar-refractivity contribution >= 4 is 15.9 Å². The van der Waals surface area contributed by atoms with E-state index < -0.39 is 0 Å². The van der Waals surface area contributed by atoms with Gasteiger partial charge in [0.1, 0.15) is 0 Å². The van der Waals surface area contributed by atoms with E-state index in [1.54, 1.807) is 0 Å². The highest BCUT2D eigenvalue weighted by Crippen LogP contribution is 2.57. The molecule has 1 heterocycles. The summed E-state index contributed by atoms with van der Waals surface area (Å²) in [6.07, 6.45) is 2.83. The molecule has 1 N–H and O–H groups in total. The average Bonchev–Trinajstić information content (AvgIpc) is 2.78. The highest BCUT2D eigenvalue weighted by Gasteiger charge is 2.52. The Morgan fingerprint density at radius 2 is 2.21 bits per heavy atom. The fourth-order valence-corrected chi connectivity index (χ4v) is 3.10. The normalized spacial score (nSPS) is 28.2. The van der Waals surface area contributed by atoms with Crippen molar-refractivity contribution in [3.05, 3.63) is 34.3 Å². The molecule has 0 amide bonds. The van der Waals surface area contributed by atoms with Crippen LogP contribution in [0.25, 0.3) is 0 Å². The van der Waals surface area contributed by atoms with Gasteiger partial charge in [-0.3, -0.25) is 0 Å². The van der Waals surface area contributed by atoms with Crippen LogP contribution in [0.4, 0.5) is 0 Å². The molecule has 1 aliphatic carbocycles. The van der Waals surface area contributed by atoms with Gasteiger partial charge >= 0.3 is 0 Å². The number of benzene rings is 1. The Morgan fingerprint density at radius 1 is 1.36 bits per heavy atom. The minimum Gasteiger partial charge on any atom is -0.316 e. The van der Waals surface area contributed by atoms with Crippen molar-refractivity contribution in [1.29, 1.82) is 0 Å². The first-order chi connectivity index (χ1) is 6.80. The summed E-state index contributed by atoms with van der Waals surface area (Å²) in [5, 5.41) is 3.53. The molecule has 0 radical (unpaired) electrons. The molecule has 1 aromatic carbocycles. The third-order valence-electron chi connectivity index (χ3n) is 3.71. The van der Waals surface area contributed by atoms with Crippen molar-refractivity contribution in [2.24, 2.45) is 5.41 Å². The van der Waals surface area contributed by atoms with E-state index in [9.17, 15) is 0 Å². The molecule has 1 atom stereocenters. The molecule has 3 rings (SSSR count). The number of hydrogen-bond donors (Lipinski definition) is 1. The first-order valence-electron chi connectivity index (χ1n) is 5.26. The Kier molecular flexibility index (Phi) is 1.96. The second kappa shape index (κ2) is 3.07. The van der Waals surface area contributed by atoms with Gasteiger partial charge in [-0.05, 0) is 36.0 Å². The van der Waals surface area contributed by atoms with Crippen LogP contribution in [0.5, 0.6) is 0 Å². The van der Waals surface area contributed by atoms with E-state index in [0.29, 0.717) is 5.41 Å². The standard InChI is InChI=1S/C12H14BrN/c13-10-3-1-2-9(6-10)11-7-14-8-12(11)4-5-12/h1-3,6,11,14H,4-5,7-8H2/t11-/m0/s1. The van der Waals surface area contributed by atoms with Crippen LogP contribution in [0.3, 0.4) is 0 Å². The zero-order chi connectivity index (χ0) is 9.60. The maximum Gasteiger partial charge on any atom is 0.0178 e. The SMILES string of the molecule is Brc1cccc([C@@H]2CNCC23CC3)c1. The number of nitrogens with one attached hydrogen (secondary N) is 1. The van der Waals surface area contributed by atoms with Gasteiger partial charge in [0.2, 0.25) is 0 Å². The molecule has 1 spiro atoms. The van der Waals surface area contributed by atoms with Crippen LogP contribution < -0.4 is 5.32 Å². The zero-order valence-corrected chi connectivity index (χ0v) is 9.68. The quantitative estimate of drug-likeness (QED) is 0.810. The molecule has 1 aliphatic heterocycles. The van der Waals surface area contributed by atoms with E-state index >= 15 is 0 Å². The summed E-state index contributed by atoms with van der Waals surface area (Å²) in [6, 6.07) is 8.79. The number of rotatable bonds is 1. The van der Waals surface area contributed by atoms with Crippen molar-refractivity contribution in [3.8, 4) is 0 Å². The fraction of sp³-hybridized carbons (Fsp3) is 0.500. The summed E-state index contributed by atoms with van der Waals surface area (Å²) in [5.74, 6) is 0.750. The molecule has 0 aromatic heterocycles. The van der Waals surface area contributed by atoms with E-state index in [2.05, 4.69) is 45.5 Å². The van der Waals surface area contributed by atoms with Crippen LogP contribution in [0.15, 0.2) is 28.7 Å². The lowest BCUT2D eigenvalue weighted by Crippen LogP contribution is -2.11. The van der Waals surface area contributed by atoms with Crippen LogP contribution >= 0.6 is 15.9 Å². The monoisotopic (exact) mass is 251 g/mol. The Labute approximate surface area is 93.0 Å². The molecular formula is C12H14BrN. The minimum absolute atomic E-state index is 0.626. The maximum absolute atomic E-state index is 3.55. The van der Waals surface area contributed by atoms with Gasteiger partial charge in [-0.2, -0.15) is 0 Å². The van der Waals surface area contributed by atoms with Crippen molar-refractivity contribution in [2.45, 2.75) is 18.8 Å². The van der Waals surface area contributed by atoms with Gasteiger partial charge in [-0.25, -0.2) is 0 Å². The van der Waals surface area contributed by atoms with Crippen LogP contribution in [-0.2, 0) is 0 Å². The van der Waals surface area contributed by atoms with Crippen molar-refractivity contribution < 1.29 is 0 Å². The van der Waals surface area contributed by atoms with Crippen LogP contribution in [-0.4, -0.2) is 13.1 Å². The van der Waals surface area contributed by atoms with Gasteiger partial charge in [0.25, 0.3) is 0 Å². The molecule has 14 heavy (non-hydrogen) atoms. The predicted octanol–water partition coefficient (Wildman–Crippen LogP) is 2.92. The van der Waals surface area contributed by atoms with Gasteiger partial charge in [0.15, 0.2) is 0 Å². The lowest BCUT2D eigenvalue weighted by Gasteiger charge is -2.17. The van der Waals surface area contributed by atoms with Crippen molar-refractivity contribution in [2.75, 3.05) is 13.1 Å². The van der Waals surface area contributed by atoms with Gasteiger partial charge in [0, 0.05) is 23.5 Å². The molecule has 2 fully saturated rings. The molecule has 2 aliphatic rings. The third-order valence-corrected chi connectivity index (χ3v) is 4.20. The summed E-state index contributed by atoms with van der Waals surface area (Å²) < 4.78 is 1.21. The summed E-state index contributed by atoms with van der Waals surface area (Å²) in [6.45, 7) is 2.39. The average molecular weight is 252 g/mol. The van der Waals surface area contributed by atoms with Crippen LogP contribution in [0, 0.1) is 5.41 Å². The van der Waals surface area contributed by atoms with E-state index in [1.807, 2.05) is 0 Å². The predicted molar refractivity (Wildman–Crippen MR) is 61.4 cm³/mol. The van der Waals surface area contributed by atoms with Gasteiger partial charge in [-0.15, -0.1) is 0 Å². The smallest absolute Gasteiger partial charge is 0.0178 e. The lowest BCUT2D eigenvalue weighted by molar-refractivity contribution is 0.502. The molecule has 74 valence electrons. The minimum atomic E-state index is 0.626. The number of halogens is 1. The van der Waals surface area contributed by atoms with Gasteiger partial charge in [-0.1, -0.05) is 28.1 Å². The summed E-state index contributed by atoms with van der Waals surface area (Å²) in [7, 11) is 0. The molecule has 1 saturated heterocycles. The fourth-order valence-electron chi connectivity index (χ4n) is 2.69. The largest absolute Gasteiger partial charge is 0.316 e. The highest BCUT2D eigenvalue weighted by molar-refractivity contribution is 9.10. The maximum atomic E-state index is 3.55. The Balaban J connectivity index is 1.95. The first kappa shape index (κ1) is 8.93. The molecular weight excluding hydrogens is 238 g/mol. The molecule has 1 aromatic rings. The van der Waals surface area contributed by atoms with Crippen LogP contribution in [0.2, 0.25) is 0 Å². The van der Waals surface area contributed by atoms with E-state index in [-0.39, 0.29) is 0 Å². The van der Waals surface area contributed by atoms with Crippen molar-refractivity contribution in [1.82, 2.24) is 5.32 Å². The first-order valence-corrected chi connectivity index (χ1v) is 6.06. The summed E-state index contributed by atoms with van der Waals surface area (Å²) in [4.78, 5) is 0. The Bertz CT molecular complexity index is 357. The summed E-state index contributed by atoms with van der Waals surface area (Å²) in [5.41, 5.74) is 2.13. The Morgan fingerprint density at radius 3 is 2.93 bits per heavy atom. The molecule has 1 nitrogen and oxygen atoms in total. The molecule has 0 unspecified atom stereocenters. The van der Waals surface area contributed by atoms with Gasteiger partial charge in [0.05, 0.1) is 0 Å². The van der Waals surface area contributed by atoms with Crippen LogP contribution in [0.1, 0.15) is 24.3 Å². The number of hydrogen-bond acceptors (Lipinski definition) is 1. The van der Waals surface area contributed by atoms with E-state index in [1.165, 1.54) is 29.4 Å². The van der Waals surface area contributed by atoms with E-state index in [4.69, 9.17) is 0 Å². The molecule has 2 heteroatoms. The molecule has 0 bridgehead atoms. The van der Waals surface area contributed by atoms with Gasteiger partial charge < -0.3 is 5.32 Å². The van der Waals surface area contributed by atoms with E-state index in [0.717, 1.165) is 12.5 Å². The zero-order valence-electron chi connectivity index (χ0n) is 8.09. The second-order valence-corrected chi connectivity index (χ2v) is 5.52. The third kappa shape index (κ3) is 1.32. The highest BCUT2D eigenvalue weighted by atomic mass is 79.9. The summed E-state index contributed by atoms with van der Waals surface area (Å²) >= 11 is 3.55. The Hall–Kier alpha value is -0.340. The molecule has 1 saturated carbocycles.